The Bertz CT molecular complexity index is 2360. The number of hydrogen-bond acceptors (Lipinski definition) is 3. The Morgan fingerprint density at radius 1 is 0.650 bits per heavy atom. The van der Waals surface area contributed by atoms with E-state index in [1.54, 1.807) is 0 Å². The lowest BCUT2D eigenvalue weighted by Gasteiger charge is -2.23. The normalized spacial score (nSPS) is 13.9. The lowest BCUT2D eigenvalue weighted by molar-refractivity contribution is 0.666. The smallest absolute Gasteiger partial charge is 0.0985 e. The molecule has 9 rings (SSSR count). The van der Waals surface area contributed by atoms with E-state index in [9.17, 15) is 0 Å². The van der Waals surface area contributed by atoms with Crippen molar-refractivity contribution in [2.24, 2.45) is 0 Å². The van der Waals surface area contributed by atoms with Gasteiger partial charge in [-0.3, -0.25) is 15.0 Å². The monoisotopic (exact) mass is 512 g/mol. The Morgan fingerprint density at radius 2 is 1.50 bits per heavy atom. The van der Waals surface area contributed by atoms with E-state index in [-0.39, 0.29) is 5.41 Å². The first-order valence-corrected chi connectivity index (χ1v) is 13.7. The molecule has 1 aliphatic rings. The molecule has 4 heterocycles. The molecular weight excluding hydrogens is 488 g/mol. The maximum atomic E-state index is 4.84. The number of pyridine rings is 3. The molecule has 0 bridgehead atoms. The average molecular weight is 513 g/mol. The van der Waals surface area contributed by atoms with Crippen LogP contribution in [0.15, 0.2) is 110 Å². The minimum Gasteiger partial charge on any atom is -0.308 e. The molecule has 0 saturated carbocycles. The van der Waals surface area contributed by atoms with Gasteiger partial charge in [0.2, 0.25) is 0 Å². The van der Waals surface area contributed by atoms with Gasteiger partial charge in [-0.1, -0.05) is 68.4 Å². The SMILES string of the molecule is CC1(C)c2ccccc2-c2c1c1cnccc1c1c3ccccc3n(-c3ccnc4c3ccc3cccnc34)c21. The Hall–Kier alpha value is -5.09. The van der Waals surface area contributed by atoms with E-state index >= 15 is 0 Å². The molecule has 4 aromatic heterocycles. The minimum absolute atomic E-state index is 0.164. The predicted octanol–water partition coefficient (Wildman–Crippen LogP) is 8.73. The van der Waals surface area contributed by atoms with Crippen molar-refractivity contribution in [1.82, 2.24) is 19.5 Å². The van der Waals surface area contributed by atoms with Crippen LogP contribution in [0.25, 0.3) is 71.2 Å². The summed E-state index contributed by atoms with van der Waals surface area (Å²) in [5.74, 6) is 0. The molecule has 0 atom stereocenters. The van der Waals surface area contributed by atoms with Gasteiger partial charge in [-0.15, -0.1) is 0 Å². The van der Waals surface area contributed by atoms with Crippen LogP contribution >= 0.6 is 0 Å². The zero-order chi connectivity index (χ0) is 26.6. The Kier molecular flexibility index (Phi) is 4.10. The standard InChI is InChI=1S/C36H24N4/c1-36(2)27-11-5-3-9-23(27)31-32(36)26-20-37-18-15-22(26)30-24-10-4-6-12-28(24)40(35(30)31)29-16-19-39-34-25(29)14-13-21-8-7-17-38-33(21)34/h3-20H,1-2H3. The van der Waals surface area contributed by atoms with Crippen LogP contribution in [0.3, 0.4) is 0 Å². The highest BCUT2D eigenvalue weighted by Crippen LogP contribution is 2.56. The number of nitrogens with zero attached hydrogens (tertiary/aromatic N) is 4. The van der Waals surface area contributed by atoms with E-state index in [0.717, 1.165) is 27.5 Å². The number of hydrogen-bond donors (Lipinski definition) is 0. The number of para-hydroxylation sites is 1. The second-order valence-electron chi connectivity index (χ2n) is 11.3. The van der Waals surface area contributed by atoms with Crippen molar-refractivity contribution in [2.75, 3.05) is 0 Å². The van der Waals surface area contributed by atoms with Crippen LogP contribution in [0.2, 0.25) is 0 Å². The van der Waals surface area contributed by atoms with Crippen molar-refractivity contribution < 1.29 is 0 Å². The van der Waals surface area contributed by atoms with Crippen molar-refractivity contribution in [3.63, 3.8) is 0 Å². The van der Waals surface area contributed by atoms with Crippen LogP contribution in [0, 0.1) is 0 Å². The summed E-state index contributed by atoms with van der Waals surface area (Å²) in [5.41, 5.74) is 10.5. The van der Waals surface area contributed by atoms with Crippen molar-refractivity contribution >= 4 is 54.4 Å². The van der Waals surface area contributed by atoms with E-state index in [2.05, 4.69) is 108 Å². The van der Waals surface area contributed by atoms with Crippen molar-refractivity contribution in [3.8, 4) is 16.8 Å². The third-order valence-electron chi connectivity index (χ3n) is 8.92. The largest absolute Gasteiger partial charge is 0.308 e. The third-order valence-corrected chi connectivity index (χ3v) is 8.92. The summed E-state index contributed by atoms with van der Waals surface area (Å²) in [5, 5.41) is 7.15. The summed E-state index contributed by atoms with van der Waals surface area (Å²) < 4.78 is 2.47. The van der Waals surface area contributed by atoms with Crippen molar-refractivity contribution in [3.05, 3.63) is 121 Å². The summed E-state index contributed by atoms with van der Waals surface area (Å²) in [7, 11) is 0. The van der Waals surface area contributed by atoms with E-state index in [4.69, 9.17) is 9.97 Å². The Morgan fingerprint density at radius 3 is 2.45 bits per heavy atom. The fourth-order valence-corrected chi connectivity index (χ4v) is 7.29. The van der Waals surface area contributed by atoms with Gasteiger partial charge < -0.3 is 4.57 Å². The van der Waals surface area contributed by atoms with Gasteiger partial charge >= 0.3 is 0 Å². The molecule has 0 amide bonds. The van der Waals surface area contributed by atoms with E-state index in [0.29, 0.717) is 0 Å². The number of benzene rings is 4. The molecule has 4 nitrogen and oxygen atoms in total. The van der Waals surface area contributed by atoms with Crippen LogP contribution in [0.5, 0.6) is 0 Å². The number of fused-ring (bicyclic) bond motifs is 13. The lowest BCUT2D eigenvalue weighted by atomic mass is 9.80. The second kappa shape index (κ2) is 7.51. The molecule has 0 N–H and O–H groups in total. The molecule has 0 radical (unpaired) electrons. The van der Waals surface area contributed by atoms with E-state index in [1.807, 2.05) is 24.7 Å². The predicted molar refractivity (Wildman–Crippen MR) is 164 cm³/mol. The van der Waals surface area contributed by atoms with Gasteiger partial charge in [-0.25, -0.2) is 0 Å². The van der Waals surface area contributed by atoms with Gasteiger partial charge in [0.1, 0.15) is 0 Å². The van der Waals surface area contributed by atoms with Crippen LogP contribution in [-0.4, -0.2) is 19.5 Å². The fraction of sp³-hybridized carbons (Fsp3) is 0.0833. The molecule has 8 aromatic rings. The summed E-state index contributed by atoms with van der Waals surface area (Å²) >= 11 is 0. The zero-order valence-electron chi connectivity index (χ0n) is 22.2. The molecule has 0 saturated heterocycles. The van der Waals surface area contributed by atoms with Gasteiger partial charge in [0.25, 0.3) is 0 Å². The first-order chi connectivity index (χ1) is 19.6. The number of rotatable bonds is 1. The highest BCUT2D eigenvalue weighted by atomic mass is 15.0. The highest BCUT2D eigenvalue weighted by Gasteiger charge is 2.39. The van der Waals surface area contributed by atoms with Gasteiger partial charge in [0.05, 0.1) is 27.8 Å². The van der Waals surface area contributed by atoms with Crippen molar-refractivity contribution in [2.45, 2.75) is 19.3 Å². The van der Waals surface area contributed by atoms with Crippen molar-refractivity contribution in [1.29, 1.82) is 0 Å². The first kappa shape index (κ1) is 21.8. The maximum Gasteiger partial charge on any atom is 0.0985 e. The van der Waals surface area contributed by atoms with Gasteiger partial charge in [-0.2, -0.15) is 0 Å². The lowest BCUT2D eigenvalue weighted by Crippen LogP contribution is -2.15. The second-order valence-corrected chi connectivity index (χ2v) is 11.3. The molecule has 4 heteroatoms. The molecule has 188 valence electrons. The molecule has 0 spiro atoms. The van der Waals surface area contributed by atoms with Gasteiger partial charge in [-0.05, 0) is 52.4 Å². The van der Waals surface area contributed by atoms with E-state index < -0.39 is 0 Å². The quantitative estimate of drug-likeness (QED) is 0.207. The molecule has 0 aliphatic heterocycles. The summed E-state index contributed by atoms with van der Waals surface area (Å²) in [6.45, 7) is 4.70. The van der Waals surface area contributed by atoms with Gasteiger partial charge in [0.15, 0.2) is 0 Å². The molecule has 0 fully saturated rings. The summed E-state index contributed by atoms with van der Waals surface area (Å²) in [6, 6.07) is 30.5. The Labute approximate surface area is 230 Å². The highest BCUT2D eigenvalue weighted by molar-refractivity contribution is 6.27. The summed E-state index contributed by atoms with van der Waals surface area (Å²) in [4.78, 5) is 14.2. The van der Waals surface area contributed by atoms with Crippen LogP contribution < -0.4 is 0 Å². The molecule has 40 heavy (non-hydrogen) atoms. The maximum absolute atomic E-state index is 4.84. The summed E-state index contributed by atoms with van der Waals surface area (Å²) in [6.07, 6.45) is 7.76. The van der Waals surface area contributed by atoms with Crippen LogP contribution in [-0.2, 0) is 5.41 Å². The van der Waals surface area contributed by atoms with E-state index in [1.165, 1.54) is 54.8 Å². The fourth-order valence-electron chi connectivity index (χ4n) is 7.29. The molecule has 1 aliphatic carbocycles. The van der Waals surface area contributed by atoms with Crippen LogP contribution in [0.1, 0.15) is 25.0 Å². The van der Waals surface area contributed by atoms with Gasteiger partial charge in [0, 0.05) is 62.7 Å². The molecule has 4 aromatic carbocycles. The number of aromatic nitrogens is 4. The zero-order valence-corrected chi connectivity index (χ0v) is 22.2. The molecule has 0 unspecified atom stereocenters. The topological polar surface area (TPSA) is 43.6 Å². The minimum atomic E-state index is -0.164. The Balaban J connectivity index is 1.58. The molecular formula is C36H24N4. The first-order valence-electron chi connectivity index (χ1n) is 13.7. The third kappa shape index (κ3) is 2.58. The van der Waals surface area contributed by atoms with Crippen LogP contribution in [0.4, 0.5) is 0 Å². The average Bonchev–Trinajstić information content (AvgIpc) is 3.46.